The van der Waals surface area contributed by atoms with E-state index < -0.39 is 24.0 Å². The van der Waals surface area contributed by atoms with Crippen molar-refractivity contribution in [2.45, 2.75) is 25.5 Å². The molecule has 0 fully saturated rings. The molecule has 1 aromatic rings. The van der Waals surface area contributed by atoms with Gasteiger partial charge in [0.25, 0.3) is 0 Å². The molecule has 106 valence electrons. The molecule has 1 aromatic carbocycles. The molecular weight excluding hydrogens is 258 g/mol. The molecule has 0 heterocycles. The van der Waals surface area contributed by atoms with Crippen LogP contribution in [0.4, 0.5) is 4.79 Å². The fraction of sp³-hybridized carbons (Fsp3) is 0.333. The van der Waals surface area contributed by atoms with Crippen molar-refractivity contribution in [1.29, 1.82) is 0 Å². The predicted molar refractivity (Wildman–Crippen MR) is 70.4 cm³/mol. The number of amides is 1. The van der Waals surface area contributed by atoms with Gasteiger partial charge in [-0.3, -0.25) is 0 Å². The van der Waals surface area contributed by atoms with Crippen molar-refractivity contribution < 1.29 is 19.4 Å². The highest BCUT2D eigenvalue weighted by atomic mass is 16.5. The topological polar surface area (TPSA) is 78.5 Å². The van der Waals surface area contributed by atoms with Gasteiger partial charge in [0.2, 0.25) is 0 Å². The van der Waals surface area contributed by atoms with E-state index in [1.54, 1.807) is 6.08 Å². The Balaban J connectivity index is 1.84. The molecule has 5 heteroatoms. The summed E-state index contributed by atoms with van der Waals surface area (Å²) in [5.41, 5.74) is 0.877. The average Bonchev–Trinajstić information content (AvgIpc) is 2.46. The molecule has 2 rings (SSSR count). The zero-order chi connectivity index (χ0) is 14.4. The quantitative estimate of drug-likeness (QED) is 0.831. The first kappa shape index (κ1) is 14.1. The van der Waals surface area contributed by atoms with Gasteiger partial charge in [-0.15, -0.1) is 0 Å². The van der Waals surface area contributed by atoms with Gasteiger partial charge in [0.05, 0.1) is 0 Å². The third-order valence-electron chi connectivity index (χ3n) is 3.25. The maximum Gasteiger partial charge on any atom is 0.407 e. The largest absolute Gasteiger partial charge is 0.550 e. The van der Waals surface area contributed by atoms with Gasteiger partial charge in [0.1, 0.15) is 6.61 Å². The first-order valence-electron chi connectivity index (χ1n) is 6.50. The van der Waals surface area contributed by atoms with Gasteiger partial charge in [-0.2, -0.15) is 0 Å². The summed E-state index contributed by atoms with van der Waals surface area (Å²) >= 11 is 0. The summed E-state index contributed by atoms with van der Waals surface area (Å²) in [7, 11) is 0. The molecule has 0 saturated heterocycles. The number of hydrogen-bond donors (Lipinski definition) is 1. The minimum absolute atomic E-state index is 0.158. The number of aliphatic carboxylic acids is 1. The third kappa shape index (κ3) is 3.85. The van der Waals surface area contributed by atoms with Gasteiger partial charge in [0, 0.05) is 17.9 Å². The lowest BCUT2D eigenvalue weighted by Crippen LogP contribution is -2.48. The second-order valence-corrected chi connectivity index (χ2v) is 4.68. The fourth-order valence-corrected chi connectivity index (χ4v) is 2.15. The minimum Gasteiger partial charge on any atom is -0.550 e. The van der Waals surface area contributed by atoms with Crippen LogP contribution in [0.15, 0.2) is 42.5 Å². The maximum absolute atomic E-state index is 11.7. The Labute approximate surface area is 117 Å². The summed E-state index contributed by atoms with van der Waals surface area (Å²) in [4.78, 5) is 22.7. The van der Waals surface area contributed by atoms with Crippen LogP contribution in [-0.2, 0) is 16.1 Å². The molecule has 20 heavy (non-hydrogen) atoms. The Kier molecular flexibility index (Phi) is 4.76. The molecule has 0 bridgehead atoms. The molecular formula is C15H16NO4-. The van der Waals surface area contributed by atoms with Crippen LogP contribution in [0.1, 0.15) is 18.4 Å². The zero-order valence-electron chi connectivity index (χ0n) is 11.0. The molecule has 0 spiro atoms. The first-order chi connectivity index (χ1) is 9.66. The Morgan fingerprint density at radius 1 is 1.20 bits per heavy atom. The SMILES string of the molecule is O=C(N[C@H]1CC=CC[C@H]1C(=O)[O-])OCc1ccccc1. The van der Waals surface area contributed by atoms with E-state index >= 15 is 0 Å². The number of carboxylic acids is 1. The Morgan fingerprint density at radius 2 is 1.90 bits per heavy atom. The van der Waals surface area contributed by atoms with Crippen molar-refractivity contribution in [3.63, 3.8) is 0 Å². The van der Waals surface area contributed by atoms with Crippen LogP contribution in [0.25, 0.3) is 0 Å². The molecule has 1 aliphatic rings. The zero-order valence-corrected chi connectivity index (χ0v) is 11.0. The van der Waals surface area contributed by atoms with E-state index in [9.17, 15) is 14.7 Å². The van der Waals surface area contributed by atoms with Gasteiger partial charge in [-0.1, -0.05) is 42.5 Å². The highest BCUT2D eigenvalue weighted by Crippen LogP contribution is 2.18. The van der Waals surface area contributed by atoms with Crippen LogP contribution in [0.3, 0.4) is 0 Å². The van der Waals surface area contributed by atoms with E-state index in [-0.39, 0.29) is 6.61 Å². The van der Waals surface area contributed by atoms with Crippen LogP contribution < -0.4 is 10.4 Å². The molecule has 0 saturated carbocycles. The summed E-state index contributed by atoms with van der Waals surface area (Å²) in [5.74, 6) is -1.85. The van der Waals surface area contributed by atoms with Crippen LogP contribution in [-0.4, -0.2) is 18.1 Å². The van der Waals surface area contributed by atoms with Crippen molar-refractivity contribution >= 4 is 12.1 Å². The number of nitrogens with one attached hydrogen (secondary N) is 1. The summed E-state index contributed by atoms with van der Waals surface area (Å²) in [5, 5.41) is 13.6. The number of alkyl carbamates (subject to hydrolysis) is 1. The molecule has 1 aliphatic carbocycles. The molecule has 5 nitrogen and oxygen atoms in total. The molecule has 0 aromatic heterocycles. The highest BCUT2D eigenvalue weighted by molar-refractivity contribution is 5.72. The molecule has 0 aliphatic heterocycles. The lowest BCUT2D eigenvalue weighted by Gasteiger charge is -2.29. The van der Waals surface area contributed by atoms with Crippen LogP contribution in [0.5, 0.6) is 0 Å². The highest BCUT2D eigenvalue weighted by Gasteiger charge is 2.25. The van der Waals surface area contributed by atoms with Gasteiger partial charge in [-0.25, -0.2) is 4.79 Å². The molecule has 1 N–H and O–H groups in total. The van der Waals surface area contributed by atoms with Gasteiger partial charge in [-0.05, 0) is 18.4 Å². The van der Waals surface area contributed by atoms with E-state index in [4.69, 9.17) is 4.74 Å². The minimum atomic E-state index is -1.15. The number of carbonyl (C=O) groups is 2. The van der Waals surface area contributed by atoms with Gasteiger partial charge >= 0.3 is 6.09 Å². The number of ether oxygens (including phenoxy) is 1. The van der Waals surface area contributed by atoms with Crippen molar-refractivity contribution in [1.82, 2.24) is 5.32 Å². The number of rotatable bonds is 4. The predicted octanol–water partition coefficient (Wildman–Crippen LogP) is 0.997. The summed E-state index contributed by atoms with van der Waals surface area (Å²) in [6.07, 6.45) is 3.86. The van der Waals surface area contributed by atoms with Crippen molar-refractivity contribution in [2.24, 2.45) is 5.92 Å². The smallest absolute Gasteiger partial charge is 0.407 e. The molecule has 1 amide bonds. The van der Waals surface area contributed by atoms with Gasteiger partial charge in [0.15, 0.2) is 0 Å². The Morgan fingerprint density at radius 3 is 2.60 bits per heavy atom. The van der Waals surface area contributed by atoms with Crippen LogP contribution in [0, 0.1) is 5.92 Å². The third-order valence-corrected chi connectivity index (χ3v) is 3.25. The van der Waals surface area contributed by atoms with Crippen LogP contribution in [0.2, 0.25) is 0 Å². The summed E-state index contributed by atoms with van der Waals surface area (Å²) < 4.78 is 5.07. The number of benzene rings is 1. The number of carboxylic acid groups (broad SMARTS) is 1. The summed E-state index contributed by atoms with van der Waals surface area (Å²) in [6.45, 7) is 0.158. The lowest BCUT2D eigenvalue weighted by atomic mass is 9.89. The Hall–Kier alpha value is -2.30. The van der Waals surface area contributed by atoms with E-state index in [1.165, 1.54) is 0 Å². The standard InChI is InChI=1S/C15H17NO4/c17-14(18)12-8-4-5-9-13(12)16-15(19)20-10-11-6-2-1-3-7-11/h1-7,12-13H,8-10H2,(H,16,19)(H,17,18)/p-1/t12-,13+/m1/s1. The van der Waals surface area contributed by atoms with Gasteiger partial charge < -0.3 is 20.0 Å². The Bertz CT molecular complexity index is 498. The van der Waals surface area contributed by atoms with Crippen molar-refractivity contribution in [3.8, 4) is 0 Å². The molecule has 0 radical (unpaired) electrons. The number of hydrogen-bond acceptors (Lipinski definition) is 4. The van der Waals surface area contributed by atoms with E-state index in [0.29, 0.717) is 12.8 Å². The maximum atomic E-state index is 11.7. The van der Waals surface area contributed by atoms with Crippen molar-refractivity contribution in [3.05, 3.63) is 48.0 Å². The van der Waals surface area contributed by atoms with E-state index in [1.807, 2.05) is 36.4 Å². The fourth-order valence-electron chi connectivity index (χ4n) is 2.15. The average molecular weight is 274 g/mol. The normalized spacial score (nSPS) is 21.2. The molecule has 2 atom stereocenters. The van der Waals surface area contributed by atoms with Crippen LogP contribution >= 0.6 is 0 Å². The number of carbonyl (C=O) groups excluding carboxylic acids is 2. The first-order valence-corrected chi connectivity index (χ1v) is 6.50. The van der Waals surface area contributed by atoms with Crippen molar-refractivity contribution in [2.75, 3.05) is 0 Å². The summed E-state index contributed by atoms with van der Waals surface area (Å²) in [6, 6.07) is 8.81. The lowest BCUT2D eigenvalue weighted by molar-refractivity contribution is -0.312. The number of allylic oxidation sites excluding steroid dienone is 1. The monoisotopic (exact) mass is 274 g/mol. The van der Waals surface area contributed by atoms with E-state index in [2.05, 4.69) is 5.32 Å². The second kappa shape index (κ2) is 6.75. The molecule has 0 unspecified atom stereocenters. The second-order valence-electron chi connectivity index (χ2n) is 4.68. The van der Waals surface area contributed by atoms with E-state index in [0.717, 1.165) is 5.56 Å².